The molecule has 4 nitrogen and oxygen atoms in total. The maximum absolute atomic E-state index is 9.61. The van der Waals surface area contributed by atoms with E-state index in [1.165, 1.54) is 0 Å². The van der Waals surface area contributed by atoms with Gasteiger partial charge in [0.2, 0.25) is 0 Å². The Morgan fingerprint density at radius 2 is 2.31 bits per heavy atom. The topological polar surface area (TPSA) is 58.3 Å². The first-order chi connectivity index (χ1) is 7.66. The van der Waals surface area contributed by atoms with Gasteiger partial charge in [0.1, 0.15) is 11.5 Å². The third kappa shape index (κ3) is 2.28. The van der Waals surface area contributed by atoms with Gasteiger partial charge in [-0.05, 0) is 19.1 Å². The molecule has 1 aromatic heterocycles. The van der Waals surface area contributed by atoms with Crippen molar-refractivity contribution in [2.24, 2.45) is 0 Å². The highest BCUT2D eigenvalue weighted by Crippen LogP contribution is 2.25. The highest BCUT2D eigenvalue weighted by Gasteiger charge is 2.06. The molecule has 0 saturated heterocycles. The molecule has 0 aliphatic rings. The Balaban J connectivity index is 2.10. The summed E-state index contributed by atoms with van der Waals surface area (Å²) in [6, 6.07) is 6.79. The van der Waals surface area contributed by atoms with Crippen LogP contribution in [-0.2, 0) is 6.54 Å². The standard InChI is InChI=1S/C11H11ClN2O2/c1-7-5-11(14-16-7)13-6-8-9(12)3-2-4-10(8)15/h2-5,15H,6H2,1H3,(H,13,14). The van der Waals surface area contributed by atoms with Crippen molar-refractivity contribution < 1.29 is 9.63 Å². The number of aromatic hydroxyl groups is 1. The van der Waals surface area contributed by atoms with Gasteiger partial charge >= 0.3 is 0 Å². The minimum absolute atomic E-state index is 0.167. The zero-order valence-corrected chi connectivity index (χ0v) is 9.45. The fourth-order valence-corrected chi connectivity index (χ4v) is 1.59. The first-order valence-corrected chi connectivity index (χ1v) is 5.18. The van der Waals surface area contributed by atoms with Crippen molar-refractivity contribution in [2.45, 2.75) is 13.5 Å². The van der Waals surface area contributed by atoms with Crippen LogP contribution in [0.3, 0.4) is 0 Å². The van der Waals surface area contributed by atoms with E-state index in [1.807, 2.05) is 6.92 Å². The van der Waals surface area contributed by atoms with Gasteiger partial charge in [-0.3, -0.25) is 0 Å². The normalized spacial score (nSPS) is 10.4. The molecule has 1 aromatic carbocycles. The van der Waals surface area contributed by atoms with Crippen LogP contribution in [0.1, 0.15) is 11.3 Å². The first kappa shape index (κ1) is 10.8. The van der Waals surface area contributed by atoms with E-state index in [0.717, 1.165) is 5.76 Å². The number of aromatic nitrogens is 1. The number of nitrogens with zero attached hydrogens (tertiary/aromatic N) is 1. The molecule has 2 aromatic rings. The highest BCUT2D eigenvalue weighted by molar-refractivity contribution is 6.31. The summed E-state index contributed by atoms with van der Waals surface area (Å²) in [7, 11) is 0. The number of nitrogens with one attached hydrogen (secondary N) is 1. The number of phenolic OH excluding ortho intramolecular Hbond substituents is 1. The van der Waals surface area contributed by atoms with Crippen molar-refractivity contribution in [1.29, 1.82) is 0 Å². The average molecular weight is 239 g/mol. The van der Waals surface area contributed by atoms with Gasteiger partial charge in [-0.1, -0.05) is 22.8 Å². The van der Waals surface area contributed by atoms with Crippen LogP contribution in [0.15, 0.2) is 28.8 Å². The van der Waals surface area contributed by atoms with Gasteiger partial charge < -0.3 is 14.9 Å². The highest BCUT2D eigenvalue weighted by atomic mass is 35.5. The largest absolute Gasteiger partial charge is 0.508 e. The molecule has 2 N–H and O–H groups in total. The predicted octanol–water partition coefficient (Wildman–Crippen LogP) is 2.95. The molecule has 1 heterocycles. The molecule has 0 aliphatic heterocycles. The van der Waals surface area contributed by atoms with Crippen molar-refractivity contribution in [3.63, 3.8) is 0 Å². The molecule has 0 spiro atoms. The summed E-state index contributed by atoms with van der Waals surface area (Å²) >= 11 is 5.96. The number of hydrogen-bond donors (Lipinski definition) is 2. The number of phenols is 1. The Labute approximate surface area is 97.8 Å². The van der Waals surface area contributed by atoms with E-state index < -0.39 is 0 Å². The van der Waals surface area contributed by atoms with E-state index in [2.05, 4.69) is 10.5 Å². The Hall–Kier alpha value is -1.68. The maximum atomic E-state index is 9.61. The number of benzene rings is 1. The van der Waals surface area contributed by atoms with Crippen LogP contribution in [0.25, 0.3) is 0 Å². The molecule has 5 heteroatoms. The summed E-state index contributed by atoms with van der Waals surface area (Å²) in [6.07, 6.45) is 0. The van der Waals surface area contributed by atoms with Gasteiger partial charge in [0, 0.05) is 23.2 Å². The van der Waals surface area contributed by atoms with Gasteiger partial charge in [-0.2, -0.15) is 0 Å². The maximum Gasteiger partial charge on any atom is 0.169 e. The summed E-state index contributed by atoms with van der Waals surface area (Å²) in [6.45, 7) is 2.21. The van der Waals surface area contributed by atoms with E-state index in [-0.39, 0.29) is 5.75 Å². The molecule has 2 rings (SSSR count). The number of anilines is 1. The number of aryl methyl sites for hydroxylation is 1. The molecule has 0 aliphatic carbocycles. The Morgan fingerprint density at radius 1 is 1.50 bits per heavy atom. The second-order valence-corrected chi connectivity index (χ2v) is 3.82. The van der Waals surface area contributed by atoms with E-state index in [9.17, 15) is 5.11 Å². The van der Waals surface area contributed by atoms with Crippen LogP contribution in [-0.4, -0.2) is 10.3 Å². The van der Waals surface area contributed by atoms with E-state index >= 15 is 0 Å². The van der Waals surface area contributed by atoms with Crippen molar-refractivity contribution in [2.75, 3.05) is 5.32 Å². The first-order valence-electron chi connectivity index (χ1n) is 4.80. The molecule has 0 atom stereocenters. The van der Waals surface area contributed by atoms with Gasteiger partial charge in [0.05, 0.1) is 0 Å². The Kier molecular flexibility index (Phi) is 3.01. The molecule has 0 fully saturated rings. The minimum atomic E-state index is 0.167. The fraction of sp³-hybridized carbons (Fsp3) is 0.182. The lowest BCUT2D eigenvalue weighted by Gasteiger charge is -2.06. The number of hydrogen-bond acceptors (Lipinski definition) is 4. The monoisotopic (exact) mass is 238 g/mol. The predicted molar refractivity (Wildman–Crippen MR) is 61.7 cm³/mol. The zero-order valence-electron chi connectivity index (χ0n) is 8.70. The van der Waals surface area contributed by atoms with Crippen molar-refractivity contribution in [1.82, 2.24) is 5.16 Å². The second-order valence-electron chi connectivity index (χ2n) is 3.41. The van der Waals surface area contributed by atoms with Gasteiger partial charge in [0.25, 0.3) is 0 Å². The third-order valence-electron chi connectivity index (χ3n) is 2.17. The summed E-state index contributed by atoms with van der Waals surface area (Å²) in [5, 5.41) is 16.9. The molecular weight excluding hydrogens is 228 g/mol. The van der Waals surface area contributed by atoms with E-state index in [1.54, 1.807) is 24.3 Å². The number of halogens is 1. The van der Waals surface area contributed by atoms with Crippen LogP contribution in [0.2, 0.25) is 5.02 Å². The summed E-state index contributed by atoms with van der Waals surface area (Å²) < 4.78 is 4.91. The lowest BCUT2D eigenvalue weighted by Crippen LogP contribution is -2.00. The van der Waals surface area contributed by atoms with Crippen LogP contribution in [0, 0.1) is 6.92 Å². The van der Waals surface area contributed by atoms with Crippen molar-refractivity contribution >= 4 is 17.4 Å². The SMILES string of the molecule is Cc1cc(NCc2c(O)cccc2Cl)no1. The van der Waals surface area contributed by atoms with E-state index in [0.29, 0.717) is 22.9 Å². The summed E-state index contributed by atoms with van der Waals surface area (Å²) in [5.74, 6) is 1.52. The molecule has 0 saturated carbocycles. The van der Waals surface area contributed by atoms with Crippen molar-refractivity contribution in [3.8, 4) is 5.75 Å². The van der Waals surface area contributed by atoms with Gasteiger partial charge in [0.15, 0.2) is 5.82 Å². The molecular formula is C11H11ClN2O2. The average Bonchev–Trinajstić information content (AvgIpc) is 2.63. The quantitative estimate of drug-likeness (QED) is 0.863. The number of rotatable bonds is 3. The smallest absolute Gasteiger partial charge is 0.169 e. The summed E-state index contributed by atoms with van der Waals surface area (Å²) in [4.78, 5) is 0. The Morgan fingerprint density at radius 3 is 2.94 bits per heavy atom. The van der Waals surface area contributed by atoms with Crippen molar-refractivity contribution in [3.05, 3.63) is 40.6 Å². The summed E-state index contributed by atoms with van der Waals surface area (Å²) in [5.41, 5.74) is 0.643. The molecule has 0 bridgehead atoms. The molecule has 0 radical (unpaired) electrons. The van der Waals surface area contributed by atoms with Crippen LogP contribution < -0.4 is 5.32 Å². The van der Waals surface area contributed by atoms with Gasteiger partial charge in [-0.25, -0.2) is 0 Å². The second kappa shape index (κ2) is 4.45. The molecule has 84 valence electrons. The van der Waals surface area contributed by atoms with Crippen LogP contribution in [0.5, 0.6) is 5.75 Å². The minimum Gasteiger partial charge on any atom is -0.508 e. The zero-order chi connectivity index (χ0) is 11.5. The molecule has 0 unspecified atom stereocenters. The van der Waals surface area contributed by atoms with E-state index in [4.69, 9.17) is 16.1 Å². The molecule has 16 heavy (non-hydrogen) atoms. The Bertz CT molecular complexity index is 476. The lowest BCUT2D eigenvalue weighted by molar-refractivity contribution is 0.399. The van der Waals surface area contributed by atoms with Crippen LogP contribution >= 0.6 is 11.6 Å². The molecule has 0 amide bonds. The van der Waals surface area contributed by atoms with Crippen LogP contribution in [0.4, 0.5) is 5.82 Å². The third-order valence-corrected chi connectivity index (χ3v) is 2.52. The fourth-order valence-electron chi connectivity index (χ4n) is 1.35. The lowest BCUT2D eigenvalue weighted by atomic mass is 10.2. The van der Waals surface area contributed by atoms with Gasteiger partial charge in [-0.15, -0.1) is 0 Å².